The van der Waals surface area contributed by atoms with E-state index in [1.54, 1.807) is 0 Å². The number of H-pyrrole nitrogens is 1. The number of aromatic nitrogens is 1. The van der Waals surface area contributed by atoms with Crippen molar-refractivity contribution in [1.29, 1.82) is 0 Å². The van der Waals surface area contributed by atoms with Crippen LogP contribution in [0.25, 0.3) is 0 Å². The summed E-state index contributed by atoms with van der Waals surface area (Å²) in [6, 6.07) is 1.30. The number of fused-ring (bicyclic) bond motifs is 1. The zero-order chi connectivity index (χ0) is 30.0. The summed E-state index contributed by atoms with van der Waals surface area (Å²) in [7, 11) is -1.72. The summed E-state index contributed by atoms with van der Waals surface area (Å²) in [5.41, 5.74) is 4.16. The summed E-state index contributed by atoms with van der Waals surface area (Å²) in [5.74, 6) is -6.49. The minimum Gasteiger partial charge on any atom is -0.534 e. The number of aromatic hydroxyl groups is 1. The Morgan fingerprint density at radius 1 is 1.22 bits per heavy atom. The van der Waals surface area contributed by atoms with Gasteiger partial charge in [-0.25, -0.2) is 9.59 Å². The third-order valence-electron chi connectivity index (χ3n) is 6.48. The van der Waals surface area contributed by atoms with Crippen LogP contribution in [-0.4, -0.2) is 99.0 Å². The molecule has 2 aliphatic heterocycles. The van der Waals surface area contributed by atoms with E-state index >= 15 is 0 Å². The number of para-hydroxylation sites is 1. The van der Waals surface area contributed by atoms with Gasteiger partial charge in [0.1, 0.15) is 10.8 Å². The maximum absolute atomic E-state index is 13.5. The van der Waals surface area contributed by atoms with E-state index in [4.69, 9.17) is 22.0 Å². The van der Waals surface area contributed by atoms with E-state index in [0.717, 1.165) is 6.20 Å². The fourth-order valence-corrected chi connectivity index (χ4v) is 4.67. The zero-order valence-corrected chi connectivity index (χ0v) is 21.9. The van der Waals surface area contributed by atoms with Gasteiger partial charge >= 0.3 is 30.9 Å². The van der Waals surface area contributed by atoms with E-state index in [9.17, 15) is 44.0 Å². The Morgan fingerprint density at radius 2 is 1.95 bits per heavy atom. The SMILES string of the molecule is NCCN1CCN(C(=O)N[C@H](C(=O)N[C@H]2Cc3cccc(C(=O)O)c3OB2O)c2[nH]cc(O)c(=O)c2Cl)C(=O)C1=O. The number of carboxylic acid groups (broad SMARTS) is 1. The number of imide groups is 1. The van der Waals surface area contributed by atoms with Gasteiger partial charge in [0.05, 0.1) is 17.2 Å². The van der Waals surface area contributed by atoms with Crippen LogP contribution >= 0.6 is 11.6 Å². The minimum absolute atomic E-state index is 0.00774. The molecule has 5 amide bonds. The number of hydrogen-bond acceptors (Lipinski definition) is 10. The third-order valence-corrected chi connectivity index (χ3v) is 6.86. The highest BCUT2D eigenvalue weighted by Gasteiger charge is 2.41. The molecule has 0 unspecified atom stereocenters. The fourth-order valence-electron chi connectivity index (χ4n) is 4.41. The van der Waals surface area contributed by atoms with Crippen LogP contribution in [0.3, 0.4) is 0 Å². The monoisotopic (exact) mass is 590 g/mol. The molecule has 18 heteroatoms. The van der Waals surface area contributed by atoms with Gasteiger partial charge in [-0.15, -0.1) is 0 Å². The molecule has 0 saturated carbocycles. The molecular weight excluding hydrogens is 567 g/mol. The number of aromatic carboxylic acids is 1. The van der Waals surface area contributed by atoms with Gasteiger partial charge in [0.25, 0.3) is 0 Å². The fraction of sp³-hybridized carbons (Fsp3) is 0.304. The number of piperazine rings is 1. The van der Waals surface area contributed by atoms with E-state index < -0.39 is 65.0 Å². The largest absolute Gasteiger partial charge is 0.547 e. The van der Waals surface area contributed by atoms with E-state index in [-0.39, 0.29) is 49.6 Å². The van der Waals surface area contributed by atoms with Crippen molar-refractivity contribution >= 4 is 48.4 Å². The summed E-state index contributed by atoms with van der Waals surface area (Å²) in [6.07, 6.45) is 0.748. The average Bonchev–Trinajstić information content (AvgIpc) is 2.93. The molecule has 216 valence electrons. The van der Waals surface area contributed by atoms with Crippen LogP contribution in [0.1, 0.15) is 27.7 Å². The first-order valence-corrected chi connectivity index (χ1v) is 12.5. The first-order chi connectivity index (χ1) is 19.4. The minimum atomic E-state index is -1.80. The number of nitrogens with two attached hydrogens (primary N) is 1. The average molecular weight is 591 g/mol. The Hall–Kier alpha value is -4.61. The van der Waals surface area contributed by atoms with Gasteiger partial charge in [-0.3, -0.25) is 24.1 Å². The number of carbonyl (C=O) groups excluding carboxylic acids is 4. The molecule has 41 heavy (non-hydrogen) atoms. The molecule has 1 aromatic carbocycles. The molecule has 0 bridgehead atoms. The lowest BCUT2D eigenvalue weighted by atomic mass is 9.72. The number of pyridine rings is 1. The second-order valence-corrected chi connectivity index (χ2v) is 9.46. The molecular formula is C23H24BClN6O10. The highest BCUT2D eigenvalue weighted by atomic mass is 35.5. The van der Waals surface area contributed by atoms with Crippen molar-refractivity contribution in [3.63, 3.8) is 0 Å². The number of carboxylic acids is 1. The van der Waals surface area contributed by atoms with Crippen molar-refractivity contribution in [3.8, 4) is 11.5 Å². The van der Waals surface area contributed by atoms with Crippen molar-refractivity contribution in [2.24, 2.45) is 5.73 Å². The Kier molecular flexibility index (Phi) is 8.51. The topological polar surface area (TPSA) is 245 Å². The second kappa shape index (κ2) is 11.9. The maximum atomic E-state index is 13.5. The highest BCUT2D eigenvalue weighted by Crippen LogP contribution is 2.30. The molecule has 2 aromatic rings. The van der Waals surface area contributed by atoms with Crippen molar-refractivity contribution < 1.29 is 43.9 Å². The highest BCUT2D eigenvalue weighted by molar-refractivity contribution is 6.47. The van der Waals surface area contributed by atoms with Gasteiger partial charge in [-0.1, -0.05) is 23.7 Å². The number of rotatable bonds is 7. The summed E-state index contributed by atoms with van der Waals surface area (Å²) in [6.45, 7) is -0.0358. The second-order valence-electron chi connectivity index (χ2n) is 9.08. The van der Waals surface area contributed by atoms with Gasteiger partial charge in [-0.05, 0) is 18.1 Å². The van der Waals surface area contributed by atoms with Crippen LogP contribution in [0.4, 0.5) is 4.79 Å². The Labute approximate surface area is 236 Å². The molecule has 0 radical (unpaired) electrons. The standard InChI is InChI=1S/C23H24BClN6O10/c25-14-15(27-9-12(32)17(14)33)16(29-23(39)31-7-6-30(5-4-26)20(35)21(31)36)19(34)28-13-8-10-2-1-3-11(22(37)38)18(10)41-24(13)40/h1-3,9,13,16,32,40H,4-8,26H2,(H,27,33)(H,28,34)(H,29,39)(H,37,38)/t13-,16-/m0/s1. The Balaban J connectivity index is 1.60. The van der Waals surface area contributed by atoms with E-state index in [1.165, 1.54) is 23.1 Å². The number of urea groups is 1. The normalized spacial score (nSPS) is 17.4. The number of nitrogens with zero attached hydrogens (tertiary/aromatic N) is 2. The number of carbonyl (C=O) groups is 5. The summed E-state index contributed by atoms with van der Waals surface area (Å²) in [5, 5.41) is 33.7. The maximum Gasteiger partial charge on any atom is 0.547 e. The van der Waals surface area contributed by atoms with Gasteiger partial charge in [0.2, 0.25) is 11.3 Å². The summed E-state index contributed by atoms with van der Waals surface area (Å²) in [4.78, 5) is 79.5. The van der Waals surface area contributed by atoms with E-state index in [1.807, 2.05) is 0 Å². The zero-order valence-electron chi connectivity index (χ0n) is 21.1. The Morgan fingerprint density at radius 3 is 2.63 bits per heavy atom. The molecule has 2 aliphatic rings. The summed E-state index contributed by atoms with van der Waals surface area (Å²) < 4.78 is 5.37. The molecule has 16 nitrogen and oxygen atoms in total. The van der Waals surface area contributed by atoms with E-state index in [2.05, 4.69) is 15.6 Å². The van der Waals surface area contributed by atoms with Crippen LogP contribution < -0.4 is 26.5 Å². The lowest BCUT2D eigenvalue weighted by molar-refractivity contribution is -0.153. The van der Waals surface area contributed by atoms with Gasteiger partial charge < -0.3 is 46.1 Å². The number of aromatic amines is 1. The Bertz CT molecular complexity index is 1490. The molecule has 0 aliphatic carbocycles. The number of hydrogen-bond donors (Lipinski definition) is 7. The van der Waals surface area contributed by atoms with Crippen molar-refractivity contribution in [3.05, 3.63) is 56.5 Å². The van der Waals surface area contributed by atoms with Crippen molar-refractivity contribution in [2.45, 2.75) is 18.4 Å². The number of amides is 5. The van der Waals surface area contributed by atoms with Crippen LogP contribution in [0, 0.1) is 0 Å². The molecule has 1 fully saturated rings. The molecule has 2 atom stereocenters. The molecule has 4 rings (SSSR count). The van der Waals surface area contributed by atoms with Gasteiger partial charge in [0, 0.05) is 32.4 Å². The first kappa shape index (κ1) is 29.4. The number of halogens is 1. The molecule has 1 aromatic heterocycles. The van der Waals surface area contributed by atoms with Crippen molar-refractivity contribution in [1.82, 2.24) is 25.4 Å². The predicted octanol–water partition coefficient (Wildman–Crippen LogP) is -2.05. The molecule has 1 saturated heterocycles. The van der Waals surface area contributed by atoms with Crippen LogP contribution in [-0.2, 0) is 20.8 Å². The summed E-state index contributed by atoms with van der Waals surface area (Å²) >= 11 is 6.08. The lowest BCUT2D eigenvalue weighted by Gasteiger charge is -2.33. The van der Waals surface area contributed by atoms with Crippen LogP contribution in [0.5, 0.6) is 11.5 Å². The third kappa shape index (κ3) is 5.81. The predicted molar refractivity (Wildman–Crippen MR) is 140 cm³/mol. The van der Waals surface area contributed by atoms with E-state index in [0.29, 0.717) is 10.5 Å². The van der Waals surface area contributed by atoms with Gasteiger partial charge in [-0.2, -0.15) is 0 Å². The van der Waals surface area contributed by atoms with Crippen molar-refractivity contribution in [2.75, 3.05) is 26.2 Å². The first-order valence-electron chi connectivity index (χ1n) is 12.2. The quantitative estimate of drug-likeness (QED) is 0.137. The smallest absolute Gasteiger partial charge is 0.534 e. The molecule has 0 spiro atoms. The lowest BCUT2D eigenvalue weighted by Crippen LogP contribution is -2.60. The van der Waals surface area contributed by atoms with Gasteiger partial charge in [0.15, 0.2) is 11.8 Å². The number of nitrogens with one attached hydrogen (secondary N) is 3. The molecule has 8 N–H and O–H groups in total. The molecule has 3 heterocycles. The van der Waals surface area contributed by atoms with Crippen LogP contribution in [0.2, 0.25) is 5.02 Å². The number of benzene rings is 1. The van der Waals surface area contributed by atoms with Crippen LogP contribution in [0.15, 0.2) is 29.2 Å².